The van der Waals surface area contributed by atoms with Gasteiger partial charge in [-0.05, 0) is 53.8 Å². The molecular formula is C18H22ClN. The van der Waals surface area contributed by atoms with E-state index in [2.05, 4.69) is 63.3 Å². The van der Waals surface area contributed by atoms with Crippen LogP contribution in [0.2, 0.25) is 5.02 Å². The standard InChI is InChI=1S/C18H22ClN/c1-12(2)20-11-16-10-15(8-9-18(16)19)17-7-5-6-13(3)14(17)4/h5-10,12,20H,11H2,1-4H3. The van der Waals surface area contributed by atoms with Gasteiger partial charge in [-0.25, -0.2) is 0 Å². The maximum atomic E-state index is 6.30. The van der Waals surface area contributed by atoms with Crippen LogP contribution in [0.4, 0.5) is 0 Å². The summed E-state index contributed by atoms with van der Waals surface area (Å²) >= 11 is 6.30. The van der Waals surface area contributed by atoms with Crippen LogP contribution in [0, 0.1) is 13.8 Å². The molecule has 1 nitrogen and oxygen atoms in total. The van der Waals surface area contributed by atoms with Gasteiger partial charge in [0.25, 0.3) is 0 Å². The molecule has 2 aromatic carbocycles. The van der Waals surface area contributed by atoms with Gasteiger partial charge in [0.2, 0.25) is 0 Å². The monoisotopic (exact) mass is 287 g/mol. The van der Waals surface area contributed by atoms with E-state index in [1.54, 1.807) is 0 Å². The zero-order valence-corrected chi connectivity index (χ0v) is 13.4. The minimum atomic E-state index is 0.454. The molecule has 2 rings (SSSR count). The van der Waals surface area contributed by atoms with E-state index >= 15 is 0 Å². The van der Waals surface area contributed by atoms with Gasteiger partial charge in [-0.1, -0.05) is 49.7 Å². The molecule has 0 saturated carbocycles. The lowest BCUT2D eigenvalue weighted by Gasteiger charge is -2.13. The molecule has 0 aromatic heterocycles. The zero-order valence-electron chi connectivity index (χ0n) is 12.6. The van der Waals surface area contributed by atoms with Crippen molar-refractivity contribution in [2.24, 2.45) is 0 Å². The summed E-state index contributed by atoms with van der Waals surface area (Å²) in [7, 11) is 0. The molecule has 0 heterocycles. The van der Waals surface area contributed by atoms with Gasteiger partial charge < -0.3 is 5.32 Å². The first kappa shape index (κ1) is 15.1. The highest BCUT2D eigenvalue weighted by atomic mass is 35.5. The molecule has 0 atom stereocenters. The molecule has 2 aromatic rings. The molecule has 1 N–H and O–H groups in total. The fourth-order valence-electron chi connectivity index (χ4n) is 2.26. The van der Waals surface area contributed by atoms with E-state index in [-0.39, 0.29) is 0 Å². The maximum Gasteiger partial charge on any atom is 0.0451 e. The Morgan fingerprint density at radius 3 is 2.55 bits per heavy atom. The SMILES string of the molecule is Cc1cccc(-c2ccc(Cl)c(CNC(C)C)c2)c1C. The topological polar surface area (TPSA) is 12.0 Å². The molecule has 0 bridgehead atoms. The third-order valence-corrected chi connectivity index (χ3v) is 4.03. The molecular weight excluding hydrogens is 266 g/mol. The third-order valence-electron chi connectivity index (χ3n) is 3.66. The number of nitrogens with one attached hydrogen (secondary N) is 1. The number of rotatable bonds is 4. The predicted molar refractivity (Wildman–Crippen MR) is 88.3 cm³/mol. The summed E-state index contributed by atoms with van der Waals surface area (Å²) in [5.41, 5.74) is 6.32. The highest BCUT2D eigenvalue weighted by Gasteiger charge is 2.07. The van der Waals surface area contributed by atoms with Crippen LogP contribution in [-0.2, 0) is 6.54 Å². The van der Waals surface area contributed by atoms with E-state index in [1.807, 2.05) is 6.07 Å². The smallest absolute Gasteiger partial charge is 0.0451 e. The predicted octanol–water partition coefficient (Wildman–Crippen LogP) is 5.12. The second-order valence-electron chi connectivity index (χ2n) is 5.59. The van der Waals surface area contributed by atoms with Crippen LogP contribution in [0.1, 0.15) is 30.5 Å². The highest BCUT2D eigenvalue weighted by Crippen LogP contribution is 2.29. The molecule has 0 aliphatic carbocycles. The minimum absolute atomic E-state index is 0.454. The van der Waals surface area contributed by atoms with Gasteiger partial charge in [0.1, 0.15) is 0 Å². The van der Waals surface area contributed by atoms with Crippen molar-refractivity contribution in [1.29, 1.82) is 0 Å². The normalized spacial score (nSPS) is 11.1. The lowest BCUT2D eigenvalue weighted by atomic mass is 9.96. The molecule has 0 fully saturated rings. The number of hydrogen-bond donors (Lipinski definition) is 1. The molecule has 0 aliphatic heterocycles. The van der Waals surface area contributed by atoms with E-state index in [9.17, 15) is 0 Å². The third kappa shape index (κ3) is 3.41. The molecule has 0 saturated heterocycles. The van der Waals surface area contributed by atoms with E-state index < -0.39 is 0 Å². The molecule has 20 heavy (non-hydrogen) atoms. The second-order valence-corrected chi connectivity index (χ2v) is 6.00. The average molecular weight is 288 g/mol. The van der Waals surface area contributed by atoms with E-state index in [0.717, 1.165) is 17.1 Å². The Bertz CT molecular complexity index is 602. The molecule has 0 radical (unpaired) electrons. The highest BCUT2D eigenvalue weighted by molar-refractivity contribution is 6.31. The summed E-state index contributed by atoms with van der Waals surface area (Å²) in [6, 6.07) is 13.2. The van der Waals surface area contributed by atoms with Gasteiger partial charge in [-0.15, -0.1) is 0 Å². The van der Waals surface area contributed by atoms with Gasteiger partial charge in [-0.3, -0.25) is 0 Å². The number of aryl methyl sites for hydroxylation is 1. The van der Waals surface area contributed by atoms with E-state index in [1.165, 1.54) is 22.3 Å². The van der Waals surface area contributed by atoms with Gasteiger partial charge >= 0.3 is 0 Å². The average Bonchev–Trinajstić information content (AvgIpc) is 2.41. The molecule has 0 amide bonds. The Hall–Kier alpha value is -1.31. The lowest BCUT2D eigenvalue weighted by Crippen LogP contribution is -2.22. The number of halogens is 1. The first-order chi connectivity index (χ1) is 9.49. The van der Waals surface area contributed by atoms with E-state index in [4.69, 9.17) is 11.6 Å². The molecule has 106 valence electrons. The Morgan fingerprint density at radius 1 is 1.10 bits per heavy atom. The summed E-state index contributed by atoms with van der Waals surface area (Å²) < 4.78 is 0. The first-order valence-electron chi connectivity index (χ1n) is 7.07. The Balaban J connectivity index is 2.38. The summed E-state index contributed by atoms with van der Waals surface area (Å²) in [6.45, 7) is 9.40. The van der Waals surface area contributed by atoms with Crippen LogP contribution in [-0.4, -0.2) is 6.04 Å². The van der Waals surface area contributed by atoms with Crippen molar-refractivity contribution < 1.29 is 0 Å². The maximum absolute atomic E-state index is 6.30. The lowest BCUT2D eigenvalue weighted by molar-refractivity contribution is 0.589. The van der Waals surface area contributed by atoms with Crippen molar-refractivity contribution in [2.75, 3.05) is 0 Å². The molecule has 0 spiro atoms. The van der Waals surface area contributed by atoms with Gasteiger partial charge in [0.05, 0.1) is 0 Å². The number of benzene rings is 2. The number of hydrogen-bond acceptors (Lipinski definition) is 1. The van der Waals surface area contributed by atoms with Crippen LogP contribution >= 0.6 is 11.6 Å². The summed E-state index contributed by atoms with van der Waals surface area (Å²) in [5, 5.41) is 4.25. The van der Waals surface area contributed by atoms with Crippen molar-refractivity contribution in [2.45, 2.75) is 40.3 Å². The first-order valence-corrected chi connectivity index (χ1v) is 7.45. The van der Waals surface area contributed by atoms with Crippen LogP contribution in [0.5, 0.6) is 0 Å². The van der Waals surface area contributed by atoms with Gasteiger partial charge in [0, 0.05) is 17.6 Å². The Labute approximate surface area is 127 Å². The fourth-order valence-corrected chi connectivity index (χ4v) is 2.44. The zero-order chi connectivity index (χ0) is 14.7. The second kappa shape index (κ2) is 6.43. The fraction of sp³-hybridized carbons (Fsp3) is 0.333. The molecule has 0 unspecified atom stereocenters. The quantitative estimate of drug-likeness (QED) is 0.823. The Morgan fingerprint density at radius 2 is 1.85 bits per heavy atom. The van der Waals surface area contributed by atoms with Crippen LogP contribution < -0.4 is 5.32 Å². The van der Waals surface area contributed by atoms with Crippen molar-refractivity contribution in [3.8, 4) is 11.1 Å². The van der Waals surface area contributed by atoms with E-state index in [0.29, 0.717) is 6.04 Å². The van der Waals surface area contributed by atoms with Gasteiger partial charge in [-0.2, -0.15) is 0 Å². The van der Waals surface area contributed by atoms with Crippen LogP contribution in [0.25, 0.3) is 11.1 Å². The van der Waals surface area contributed by atoms with Crippen LogP contribution in [0.3, 0.4) is 0 Å². The summed E-state index contributed by atoms with van der Waals surface area (Å²) in [6.07, 6.45) is 0. The molecule has 2 heteroatoms. The van der Waals surface area contributed by atoms with Crippen LogP contribution in [0.15, 0.2) is 36.4 Å². The largest absolute Gasteiger partial charge is 0.310 e. The molecule has 0 aliphatic rings. The van der Waals surface area contributed by atoms with Gasteiger partial charge in [0.15, 0.2) is 0 Å². The van der Waals surface area contributed by atoms with Crippen molar-refractivity contribution in [3.05, 3.63) is 58.1 Å². The van der Waals surface area contributed by atoms with Crippen molar-refractivity contribution in [3.63, 3.8) is 0 Å². The summed E-state index contributed by atoms with van der Waals surface area (Å²) in [5.74, 6) is 0. The van der Waals surface area contributed by atoms with Crippen molar-refractivity contribution >= 4 is 11.6 Å². The Kier molecular flexibility index (Phi) is 4.85. The van der Waals surface area contributed by atoms with Crippen molar-refractivity contribution in [1.82, 2.24) is 5.32 Å². The minimum Gasteiger partial charge on any atom is -0.310 e. The summed E-state index contributed by atoms with van der Waals surface area (Å²) in [4.78, 5) is 0.